The predicted octanol–water partition coefficient (Wildman–Crippen LogP) is 4.72. The molecule has 1 aromatic heterocycles. The third-order valence-corrected chi connectivity index (χ3v) is 9.15. The lowest BCUT2D eigenvalue weighted by Crippen LogP contribution is -2.65. The Morgan fingerprint density at radius 2 is 1.93 bits per heavy atom. The highest BCUT2D eigenvalue weighted by Crippen LogP contribution is 2.51. The molecular weight excluding hydrogens is 559 g/mol. The monoisotopic (exact) mass is 597 g/mol. The number of carbonyl (C=O) groups is 1. The van der Waals surface area contributed by atoms with E-state index in [0.717, 1.165) is 31.9 Å². The van der Waals surface area contributed by atoms with Crippen LogP contribution in [0.2, 0.25) is 0 Å². The number of aliphatic hydroxyl groups is 1. The number of urea groups is 1. The van der Waals surface area contributed by atoms with Gasteiger partial charge in [0.15, 0.2) is 0 Å². The van der Waals surface area contributed by atoms with Gasteiger partial charge in [0.25, 0.3) is 5.56 Å². The predicted molar refractivity (Wildman–Crippen MR) is 158 cm³/mol. The number of hydrogen-bond acceptors (Lipinski definition) is 5. The van der Waals surface area contributed by atoms with Gasteiger partial charge in [-0.25, -0.2) is 22.9 Å². The van der Waals surface area contributed by atoms with Crippen molar-refractivity contribution < 1.29 is 23.1 Å². The number of piperidine rings is 1. The lowest BCUT2D eigenvalue weighted by Gasteiger charge is -2.53. The second-order valence-electron chi connectivity index (χ2n) is 11.9. The van der Waals surface area contributed by atoms with E-state index in [9.17, 15) is 27.9 Å². The topological polar surface area (TPSA) is 90.7 Å². The SMILES string of the molecule is C=C(/C=C(F)\C=C(/C)F)[C@@H]1CNCCN1C(=O)N1CC[C@@](O)(Cn2cnc(-c3ccccc3F)cc2=O)C2(CCCC2)C1. The number of likely N-dealkylation sites (tertiary alicyclic amines) is 1. The van der Waals surface area contributed by atoms with Gasteiger partial charge in [0, 0.05) is 55.8 Å². The van der Waals surface area contributed by atoms with Gasteiger partial charge in [-0.15, -0.1) is 0 Å². The summed E-state index contributed by atoms with van der Waals surface area (Å²) in [6.45, 7) is 7.04. The van der Waals surface area contributed by atoms with Gasteiger partial charge in [-0.1, -0.05) is 31.6 Å². The van der Waals surface area contributed by atoms with Crippen molar-refractivity contribution in [2.24, 2.45) is 5.41 Å². The summed E-state index contributed by atoms with van der Waals surface area (Å²) < 4.78 is 43.1. The van der Waals surface area contributed by atoms with E-state index in [1.54, 1.807) is 28.0 Å². The van der Waals surface area contributed by atoms with Crippen LogP contribution in [-0.2, 0) is 6.54 Å². The largest absolute Gasteiger partial charge is 0.387 e. The molecule has 2 saturated heterocycles. The summed E-state index contributed by atoms with van der Waals surface area (Å²) in [5.74, 6) is -1.92. The Morgan fingerprint density at radius 1 is 1.19 bits per heavy atom. The van der Waals surface area contributed by atoms with Crippen molar-refractivity contribution >= 4 is 6.03 Å². The minimum atomic E-state index is -1.26. The van der Waals surface area contributed by atoms with E-state index < -0.39 is 40.1 Å². The number of nitrogens with zero attached hydrogens (tertiary/aromatic N) is 4. The summed E-state index contributed by atoms with van der Waals surface area (Å²) in [6.07, 6.45) is 6.71. The Morgan fingerprint density at radius 3 is 2.63 bits per heavy atom. The molecule has 2 N–H and O–H groups in total. The summed E-state index contributed by atoms with van der Waals surface area (Å²) in [4.78, 5) is 34.8. The third-order valence-electron chi connectivity index (χ3n) is 9.15. The quantitative estimate of drug-likeness (QED) is 0.471. The zero-order valence-electron chi connectivity index (χ0n) is 24.4. The zero-order chi connectivity index (χ0) is 30.8. The molecule has 1 spiro atoms. The van der Waals surface area contributed by atoms with Gasteiger partial charge in [0.1, 0.15) is 11.6 Å². The molecule has 11 heteroatoms. The molecule has 0 bridgehead atoms. The first-order valence-corrected chi connectivity index (χ1v) is 14.7. The smallest absolute Gasteiger partial charge is 0.320 e. The first-order chi connectivity index (χ1) is 20.5. The normalized spacial score (nSPS) is 24.4. The molecule has 43 heavy (non-hydrogen) atoms. The number of carbonyl (C=O) groups excluding carboxylic acids is 1. The van der Waals surface area contributed by atoms with E-state index in [-0.39, 0.29) is 36.8 Å². The van der Waals surface area contributed by atoms with Crippen LogP contribution in [-0.4, -0.2) is 74.9 Å². The number of piperazine rings is 1. The zero-order valence-corrected chi connectivity index (χ0v) is 24.4. The minimum Gasteiger partial charge on any atom is -0.387 e. The average Bonchev–Trinajstić information content (AvgIpc) is 3.45. The van der Waals surface area contributed by atoms with Crippen LogP contribution in [0.1, 0.15) is 39.0 Å². The summed E-state index contributed by atoms with van der Waals surface area (Å²) in [7, 11) is 0. The second-order valence-corrected chi connectivity index (χ2v) is 11.9. The third kappa shape index (κ3) is 6.33. The van der Waals surface area contributed by atoms with Crippen molar-refractivity contribution in [1.82, 2.24) is 24.7 Å². The fourth-order valence-electron chi connectivity index (χ4n) is 6.86. The second kappa shape index (κ2) is 12.5. The molecule has 3 heterocycles. The van der Waals surface area contributed by atoms with Gasteiger partial charge in [-0.2, -0.15) is 0 Å². The van der Waals surface area contributed by atoms with Gasteiger partial charge >= 0.3 is 6.03 Å². The number of rotatable bonds is 6. The maximum Gasteiger partial charge on any atom is 0.320 e. The van der Waals surface area contributed by atoms with Crippen LogP contribution < -0.4 is 10.9 Å². The molecule has 8 nitrogen and oxygen atoms in total. The summed E-state index contributed by atoms with van der Waals surface area (Å²) in [6, 6.07) is 6.65. The van der Waals surface area contributed by atoms with Crippen molar-refractivity contribution in [3.05, 3.63) is 88.8 Å². The maximum absolute atomic E-state index is 14.3. The van der Waals surface area contributed by atoms with Crippen LogP contribution in [0.25, 0.3) is 11.3 Å². The number of allylic oxidation sites excluding steroid dienone is 3. The summed E-state index contributed by atoms with van der Waals surface area (Å²) in [5, 5.41) is 15.4. The molecule has 1 aliphatic carbocycles. The van der Waals surface area contributed by atoms with E-state index in [1.807, 2.05) is 0 Å². The molecule has 3 fully saturated rings. The van der Waals surface area contributed by atoms with Crippen molar-refractivity contribution in [2.45, 2.75) is 57.2 Å². The van der Waals surface area contributed by atoms with Gasteiger partial charge in [-0.05, 0) is 50.0 Å². The molecule has 0 radical (unpaired) electrons. The number of aromatic nitrogens is 2. The van der Waals surface area contributed by atoms with Gasteiger partial charge in [0.05, 0.1) is 36.0 Å². The number of amides is 2. The molecule has 5 rings (SSSR count). The van der Waals surface area contributed by atoms with E-state index in [2.05, 4.69) is 16.9 Å². The average molecular weight is 598 g/mol. The summed E-state index contributed by atoms with van der Waals surface area (Å²) in [5.41, 5.74) is -1.48. The van der Waals surface area contributed by atoms with Crippen molar-refractivity contribution in [3.8, 4) is 11.3 Å². The molecule has 1 aromatic carbocycles. The Labute approximate surface area is 249 Å². The van der Waals surface area contributed by atoms with Gasteiger partial charge < -0.3 is 20.2 Å². The Balaban J connectivity index is 1.35. The Kier molecular flexibility index (Phi) is 8.94. The lowest BCUT2D eigenvalue weighted by molar-refractivity contribution is -0.136. The molecule has 230 valence electrons. The fraction of sp³-hybridized carbons (Fsp3) is 0.469. The maximum atomic E-state index is 14.3. The standard InChI is InChI=1S/C32H38F3N5O3/c1-22(15-24(34)16-23(2)33)28-18-36-12-14-40(28)30(42)38-13-11-32(43,31(19-38)9-5-6-10-31)20-39-21-37-27(17-29(39)41)25-7-3-4-8-26(25)35/h3-4,7-8,15-17,21,28,36,43H,1,5-6,9-14,18-20H2,2H3/b23-16+,24-15+/t28-,32+/m0/s1. The number of benzene rings is 1. The number of nitrogens with one attached hydrogen (secondary N) is 1. The Hall–Kier alpha value is -3.70. The van der Waals surface area contributed by atoms with Crippen LogP contribution in [0.4, 0.5) is 18.0 Å². The van der Waals surface area contributed by atoms with Crippen LogP contribution in [0, 0.1) is 11.2 Å². The van der Waals surface area contributed by atoms with Gasteiger partial charge in [0.2, 0.25) is 0 Å². The number of halogens is 3. The van der Waals surface area contributed by atoms with Crippen LogP contribution in [0.5, 0.6) is 0 Å². The van der Waals surface area contributed by atoms with Crippen molar-refractivity contribution in [3.63, 3.8) is 0 Å². The van der Waals surface area contributed by atoms with Crippen molar-refractivity contribution in [1.29, 1.82) is 0 Å². The highest BCUT2D eigenvalue weighted by atomic mass is 19.1. The van der Waals surface area contributed by atoms with Crippen molar-refractivity contribution in [2.75, 3.05) is 32.7 Å². The molecule has 2 aromatic rings. The highest BCUT2D eigenvalue weighted by Gasteiger charge is 2.56. The first kappa shape index (κ1) is 30.7. The highest BCUT2D eigenvalue weighted by molar-refractivity contribution is 5.76. The van der Waals surface area contributed by atoms with Crippen LogP contribution >= 0.6 is 0 Å². The molecule has 2 aliphatic heterocycles. The molecule has 2 atom stereocenters. The van der Waals surface area contributed by atoms with E-state index in [4.69, 9.17) is 0 Å². The lowest BCUT2D eigenvalue weighted by atomic mass is 9.66. The minimum absolute atomic E-state index is 0.0110. The van der Waals surface area contributed by atoms with E-state index in [1.165, 1.54) is 23.0 Å². The summed E-state index contributed by atoms with van der Waals surface area (Å²) >= 11 is 0. The molecule has 2 amide bonds. The van der Waals surface area contributed by atoms with E-state index >= 15 is 0 Å². The Bertz CT molecular complexity index is 1500. The molecule has 3 aliphatic rings. The fourth-order valence-corrected chi connectivity index (χ4v) is 6.86. The molecule has 1 saturated carbocycles. The van der Waals surface area contributed by atoms with Gasteiger partial charge in [-0.3, -0.25) is 9.36 Å². The number of hydrogen-bond donors (Lipinski definition) is 2. The first-order valence-electron chi connectivity index (χ1n) is 14.7. The van der Waals surface area contributed by atoms with E-state index in [0.29, 0.717) is 44.6 Å². The van der Waals surface area contributed by atoms with Crippen LogP contribution in [0.3, 0.4) is 0 Å². The molecule has 0 unspecified atom stereocenters. The molecular formula is C32H38F3N5O3. The van der Waals surface area contributed by atoms with Crippen LogP contribution in [0.15, 0.2) is 77.4 Å².